The van der Waals surface area contributed by atoms with Gasteiger partial charge >= 0.3 is 0 Å². The molecule has 1 amide bonds. The largest absolute Gasteiger partial charge is 0.352 e. The van der Waals surface area contributed by atoms with Crippen LogP contribution in [0.1, 0.15) is 12.0 Å². The van der Waals surface area contributed by atoms with Gasteiger partial charge in [0, 0.05) is 39.5 Å². The Hall–Kier alpha value is -1.47. The second-order valence-corrected chi connectivity index (χ2v) is 6.28. The van der Waals surface area contributed by atoms with Gasteiger partial charge in [-0.25, -0.2) is 12.7 Å². The summed E-state index contributed by atoms with van der Waals surface area (Å²) < 4.78 is 24.0. The number of nitrogens with one attached hydrogen (secondary N) is 1. The first kappa shape index (κ1) is 14.6. The third-order valence-corrected chi connectivity index (χ3v) is 4.22. The van der Waals surface area contributed by atoms with E-state index < -0.39 is 10.0 Å². The molecule has 7 heteroatoms. The average Bonchev–Trinajstić information content (AvgIpc) is 2.35. The van der Waals surface area contributed by atoms with E-state index in [-0.39, 0.29) is 18.1 Å². The van der Waals surface area contributed by atoms with Gasteiger partial charge in [0.2, 0.25) is 15.9 Å². The van der Waals surface area contributed by atoms with Gasteiger partial charge in [0.1, 0.15) is 0 Å². The van der Waals surface area contributed by atoms with Gasteiger partial charge in [-0.15, -0.1) is 0 Å². The number of nitrogens with zero attached hydrogens (tertiary/aromatic N) is 2. The Morgan fingerprint density at radius 3 is 2.50 bits per heavy atom. The predicted molar refractivity (Wildman–Crippen MR) is 68.2 cm³/mol. The number of pyridine rings is 1. The number of rotatable bonds is 6. The van der Waals surface area contributed by atoms with E-state index in [1.54, 1.807) is 24.5 Å². The molecule has 0 aliphatic carbocycles. The molecule has 0 radical (unpaired) electrons. The Bertz CT molecular complexity index is 486. The Kier molecular flexibility index (Phi) is 5.24. The van der Waals surface area contributed by atoms with Crippen molar-refractivity contribution >= 4 is 15.9 Å². The molecule has 0 saturated heterocycles. The van der Waals surface area contributed by atoms with Crippen molar-refractivity contribution in [2.24, 2.45) is 0 Å². The van der Waals surface area contributed by atoms with E-state index >= 15 is 0 Å². The Labute approximate surface area is 107 Å². The zero-order chi connectivity index (χ0) is 13.6. The number of carbonyl (C=O) groups is 1. The van der Waals surface area contributed by atoms with Crippen LogP contribution in [-0.4, -0.2) is 43.5 Å². The van der Waals surface area contributed by atoms with Crippen LogP contribution in [0.3, 0.4) is 0 Å². The highest BCUT2D eigenvalue weighted by Crippen LogP contribution is 1.99. The Balaban J connectivity index is 2.35. The molecule has 1 heterocycles. The van der Waals surface area contributed by atoms with Crippen LogP contribution in [0.5, 0.6) is 0 Å². The van der Waals surface area contributed by atoms with Crippen LogP contribution in [0, 0.1) is 0 Å². The molecule has 0 unspecified atom stereocenters. The molecule has 100 valence electrons. The highest BCUT2D eigenvalue weighted by atomic mass is 32.2. The zero-order valence-corrected chi connectivity index (χ0v) is 11.3. The highest BCUT2D eigenvalue weighted by molar-refractivity contribution is 7.89. The van der Waals surface area contributed by atoms with Crippen LogP contribution in [0.25, 0.3) is 0 Å². The summed E-state index contributed by atoms with van der Waals surface area (Å²) in [7, 11) is -0.416. The molecule has 0 spiro atoms. The summed E-state index contributed by atoms with van der Waals surface area (Å²) in [5, 5.41) is 2.66. The molecule has 1 rings (SSSR count). The average molecular weight is 271 g/mol. The molecule has 0 aliphatic heterocycles. The molecule has 1 aromatic heterocycles. The molecule has 0 bridgehead atoms. The zero-order valence-electron chi connectivity index (χ0n) is 10.5. The van der Waals surface area contributed by atoms with Crippen molar-refractivity contribution in [1.82, 2.24) is 14.6 Å². The second-order valence-electron chi connectivity index (χ2n) is 3.98. The third kappa shape index (κ3) is 4.80. The van der Waals surface area contributed by atoms with Gasteiger partial charge in [0.05, 0.1) is 5.75 Å². The SMILES string of the molecule is CN(C)S(=O)(=O)CCC(=O)NCc1ccncc1. The topological polar surface area (TPSA) is 79.4 Å². The summed E-state index contributed by atoms with van der Waals surface area (Å²) in [6.45, 7) is 0.378. The maximum absolute atomic E-state index is 11.5. The van der Waals surface area contributed by atoms with Gasteiger partial charge in [-0.1, -0.05) is 0 Å². The molecule has 0 atom stereocenters. The van der Waals surface area contributed by atoms with Crippen molar-refractivity contribution in [3.05, 3.63) is 30.1 Å². The first-order valence-corrected chi connectivity index (χ1v) is 7.08. The minimum absolute atomic E-state index is 0.0361. The van der Waals surface area contributed by atoms with Crippen molar-refractivity contribution in [2.45, 2.75) is 13.0 Å². The lowest BCUT2D eigenvalue weighted by Crippen LogP contribution is -2.30. The molecule has 0 aliphatic rings. The minimum Gasteiger partial charge on any atom is -0.352 e. The first-order valence-electron chi connectivity index (χ1n) is 5.47. The van der Waals surface area contributed by atoms with Crippen LogP contribution in [0.2, 0.25) is 0 Å². The monoisotopic (exact) mass is 271 g/mol. The van der Waals surface area contributed by atoms with Crippen LogP contribution < -0.4 is 5.32 Å². The summed E-state index contributed by atoms with van der Waals surface area (Å²) >= 11 is 0. The number of sulfonamides is 1. The normalized spacial score (nSPS) is 11.5. The lowest BCUT2D eigenvalue weighted by atomic mass is 10.2. The molecule has 0 fully saturated rings. The second kappa shape index (κ2) is 6.46. The van der Waals surface area contributed by atoms with E-state index in [0.717, 1.165) is 9.87 Å². The molecular formula is C11H17N3O3S. The fourth-order valence-electron chi connectivity index (χ4n) is 1.19. The van der Waals surface area contributed by atoms with Crippen molar-refractivity contribution < 1.29 is 13.2 Å². The van der Waals surface area contributed by atoms with Crippen molar-refractivity contribution in [1.29, 1.82) is 0 Å². The lowest BCUT2D eigenvalue weighted by molar-refractivity contribution is -0.120. The summed E-state index contributed by atoms with van der Waals surface area (Å²) in [5.41, 5.74) is 0.925. The predicted octanol–water partition coefficient (Wildman–Crippen LogP) is -0.0207. The summed E-state index contributed by atoms with van der Waals surface area (Å²) in [4.78, 5) is 15.3. The van der Waals surface area contributed by atoms with E-state index in [4.69, 9.17) is 0 Å². The van der Waals surface area contributed by atoms with Gasteiger partial charge in [-0.2, -0.15) is 0 Å². The third-order valence-electron chi connectivity index (χ3n) is 2.38. The first-order chi connectivity index (χ1) is 8.42. The molecule has 0 aromatic carbocycles. The Morgan fingerprint density at radius 1 is 1.33 bits per heavy atom. The quantitative estimate of drug-likeness (QED) is 0.788. The number of hydrogen-bond donors (Lipinski definition) is 1. The van der Waals surface area contributed by atoms with E-state index in [2.05, 4.69) is 10.3 Å². The number of carbonyl (C=O) groups excluding carboxylic acids is 1. The van der Waals surface area contributed by atoms with E-state index in [0.29, 0.717) is 6.54 Å². The Morgan fingerprint density at radius 2 is 1.94 bits per heavy atom. The molecular weight excluding hydrogens is 254 g/mol. The smallest absolute Gasteiger partial charge is 0.221 e. The summed E-state index contributed by atoms with van der Waals surface area (Å²) in [6, 6.07) is 3.58. The van der Waals surface area contributed by atoms with Crippen molar-refractivity contribution in [2.75, 3.05) is 19.8 Å². The molecule has 0 saturated carbocycles. The van der Waals surface area contributed by atoms with Gasteiger partial charge < -0.3 is 5.32 Å². The fourth-order valence-corrected chi connectivity index (χ4v) is 2.00. The molecule has 1 N–H and O–H groups in total. The van der Waals surface area contributed by atoms with Gasteiger partial charge in [0.25, 0.3) is 0 Å². The van der Waals surface area contributed by atoms with Crippen LogP contribution in [0.4, 0.5) is 0 Å². The standard InChI is InChI=1S/C11H17N3O3S/c1-14(2)18(16,17)8-5-11(15)13-9-10-3-6-12-7-4-10/h3-4,6-7H,5,8-9H2,1-2H3,(H,13,15). The van der Waals surface area contributed by atoms with E-state index in [1.807, 2.05) is 0 Å². The molecule has 6 nitrogen and oxygen atoms in total. The summed E-state index contributed by atoms with van der Waals surface area (Å²) in [5.74, 6) is -0.459. The van der Waals surface area contributed by atoms with Crippen LogP contribution in [0.15, 0.2) is 24.5 Å². The lowest BCUT2D eigenvalue weighted by Gasteiger charge is -2.11. The van der Waals surface area contributed by atoms with E-state index in [1.165, 1.54) is 14.1 Å². The van der Waals surface area contributed by atoms with Crippen LogP contribution in [-0.2, 0) is 21.4 Å². The number of hydrogen-bond acceptors (Lipinski definition) is 4. The van der Waals surface area contributed by atoms with Gasteiger partial charge in [-0.05, 0) is 17.7 Å². The maximum Gasteiger partial charge on any atom is 0.221 e. The van der Waals surface area contributed by atoms with Gasteiger partial charge in [0.15, 0.2) is 0 Å². The highest BCUT2D eigenvalue weighted by Gasteiger charge is 2.15. The number of aromatic nitrogens is 1. The van der Waals surface area contributed by atoms with Gasteiger partial charge in [-0.3, -0.25) is 9.78 Å². The fraction of sp³-hybridized carbons (Fsp3) is 0.455. The number of amides is 1. The summed E-state index contributed by atoms with van der Waals surface area (Å²) in [6.07, 6.45) is 3.24. The van der Waals surface area contributed by atoms with Crippen molar-refractivity contribution in [3.8, 4) is 0 Å². The molecule has 18 heavy (non-hydrogen) atoms. The van der Waals surface area contributed by atoms with Crippen molar-refractivity contribution in [3.63, 3.8) is 0 Å². The van der Waals surface area contributed by atoms with E-state index in [9.17, 15) is 13.2 Å². The van der Waals surface area contributed by atoms with Crippen LogP contribution >= 0.6 is 0 Å². The minimum atomic E-state index is -3.31. The molecule has 1 aromatic rings. The maximum atomic E-state index is 11.5.